The first kappa shape index (κ1) is 17.2. The van der Waals surface area contributed by atoms with Gasteiger partial charge in [-0.25, -0.2) is 4.99 Å². The van der Waals surface area contributed by atoms with Crippen LogP contribution in [0, 0.1) is 0 Å². The van der Waals surface area contributed by atoms with Crippen molar-refractivity contribution in [1.29, 1.82) is 0 Å². The first-order valence-electron chi connectivity index (χ1n) is 7.94. The molecule has 1 amide bonds. The van der Waals surface area contributed by atoms with Gasteiger partial charge in [-0.15, -0.1) is 11.6 Å². The zero-order valence-electron chi connectivity index (χ0n) is 13.7. The number of ether oxygens (including phenoxy) is 2. The molecule has 0 saturated carbocycles. The lowest BCUT2D eigenvalue weighted by molar-refractivity contribution is 0.0766. The van der Waals surface area contributed by atoms with Crippen molar-refractivity contribution in [2.24, 2.45) is 10.7 Å². The van der Waals surface area contributed by atoms with E-state index in [1.165, 1.54) is 0 Å². The average Bonchev–Trinajstić information content (AvgIpc) is 3.21. The Kier molecular flexibility index (Phi) is 4.50. The molecule has 2 heterocycles. The van der Waals surface area contributed by atoms with Crippen molar-refractivity contribution in [1.82, 2.24) is 4.90 Å². The third-order valence-corrected chi connectivity index (χ3v) is 5.25. The number of hydrogen-bond acceptors (Lipinski definition) is 4. The molecule has 26 heavy (non-hydrogen) atoms. The third kappa shape index (κ3) is 3.12. The van der Waals surface area contributed by atoms with Gasteiger partial charge in [0.25, 0.3) is 5.91 Å². The standard InChI is InChI=1S/C18H15BrClN3O3/c19-14-5-11(22-17(21)6-20)4-12-13(14)8-23(18(12)24)7-10-1-2-15-16(3-10)26-9-25-15/h1-5H,6-9H2,(H2,21,22). The summed E-state index contributed by atoms with van der Waals surface area (Å²) in [7, 11) is 0. The molecule has 4 rings (SSSR count). The highest BCUT2D eigenvalue weighted by molar-refractivity contribution is 9.10. The predicted molar refractivity (Wildman–Crippen MR) is 102 cm³/mol. The van der Waals surface area contributed by atoms with Crippen LogP contribution in [0.5, 0.6) is 11.5 Å². The van der Waals surface area contributed by atoms with Crippen LogP contribution in [0.15, 0.2) is 39.8 Å². The van der Waals surface area contributed by atoms with Crippen molar-refractivity contribution in [2.75, 3.05) is 12.7 Å². The monoisotopic (exact) mass is 435 g/mol. The SMILES string of the molecule is NC(CCl)=Nc1cc(Br)c2c(c1)C(=O)N(Cc1ccc3c(c1)OCO3)C2. The summed E-state index contributed by atoms with van der Waals surface area (Å²) < 4.78 is 11.6. The minimum atomic E-state index is -0.0418. The van der Waals surface area contributed by atoms with E-state index < -0.39 is 0 Å². The minimum Gasteiger partial charge on any atom is -0.454 e. The van der Waals surface area contributed by atoms with E-state index in [1.54, 1.807) is 11.0 Å². The molecule has 0 saturated heterocycles. The number of carbonyl (C=O) groups excluding carboxylic acids is 1. The van der Waals surface area contributed by atoms with Crippen molar-refractivity contribution in [3.63, 3.8) is 0 Å². The summed E-state index contributed by atoms with van der Waals surface area (Å²) >= 11 is 9.21. The number of amides is 1. The molecule has 0 radical (unpaired) electrons. The number of fused-ring (bicyclic) bond motifs is 2. The Morgan fingerprint density at radius 1 is 1.27 bits per heavy atom. The lowest BCUT2D eigenvalue weighted by Crippen LogP contribution is -2.23. The lowest BCUT2D eigenvalue weighted by Gasteiger charge is -2.16. The van der Waals surface area contributed by atoms with Crippen LogP contribution in [0.3, 0.4) is 0 Å². The summed E-state index contributed by atoms with van der Waals surface area (Å²) in [5.74, 6) is 1.84. The second-order valence-electron chi connectivity index (χ2n) is 6.04. The summed E-state index contributed by atoms with van der Waals surface area (Å²) in [4.78, 5) is 18.9. The maximum absolute atomic E-state index is 12.8. The molecule has 2 N–H and O–H groups in total. The highest BCUT2D eigenvalue weighted by Gasteiger charge is 2.30. The number of amidine groups is 1. The maximum Gasteiger partial charge on any atom is 0.254 e. The first-order chi connectivity index (χ1) is 12.5. The molecule has 2 aliphatic rings. The van der Waals surface area contributed by atoms with E-state index in [4.69, 9.17) is 26.8 Å². The summed E-state index contributed by atoms with van der Waals surface area (Å²) in [5.41, 5.74) is 8.85. The zero-order valence-corrected chi connectivity index (χ0v) is 16.0. The fraction of sp³-hybridized carbons (Fsp3) is 0.222. The van der Waals surface area contributed by atoms with Crippen molar-refractivity contribution >= 4 is 45.0 Å². The van der Waals surface area contributed by atoms with Gasteiger partial charge in [-0.2, -0.15) is 0 Å². The van der Waals surface area contributed by atoms with Gasteiger partial charge in [0.1, 0.15) is 5.84 Å². The van der Waals surface area contributed by atoms with Crippen molar-refractivity contribution in [3.8, 4) is 11.5 Å². The van der Waals surface area contributed by atoms with E-state index in [0.717, 1.165) is 21.3 Å². The number of nitrogens with two attached hydrogens (primary N) is 1. The molecule has 0 aromatic heterocycles. The number of rotatable bonds is 4. The summed E-state index contributed by atoms with van der Waals surface area (Å²) in [6, 6.07) is 9.31. The average molecular weight is 437 g/mol. The minimum absolute atomic E-state index is 0.0418. The molecule has 2 aromatic carbocycles. The van der Waals surface area contributed by atoms with E-state index in [9.17, 15) is 4.79 Å². The Hall–Kier alpha value is -2.25. The highest BCUT2D eigenvalue weighted by atomic mass is 79.9. The van der Waals surface area contributed by atoms with E-state index in [2.05, 4.69) is 20.9 Å². The van der Waals surface area contributed by atoms with Crippen LogP contribution in [0.1, 0.15) is 21.5 Å². The molecule has 0 aliphatic carbocycles. The Balaban J connectivity index is 1.59. The molecule has 0 spiro atoms. The third-order valence-electron chi connectivity index (χ3n) is 4.27. The summed E-state index contributed by atoms with van der Waals surface area (Å²) in [6.45, 7) is 1.24. The van der Waals surface area contributed by atoms with Crippen LogP contribution in [-0.4, -0.2) is 29.3 Å². The topological polar surface area (TPSA) is 77.2 Å². The van der Waals surface area contributed by atoms with Crippen LogP contribution in [0.2, 0.25) is 0 Å². The molecule has 134 valence electrons. The molecular weight excluding hydrogens is 422 g/mol. The van der Waals surface area contributed by atoms with E-state index in [0.29, 0.717) is 35.9 Å². The smallest absolute Gasteiger partial charge is 0.254 e. The molecule has 0 unspecified atom stereocenters. The Labute approximate surface area is 163 Å². The second kappa shape index (κ2) is 6.81. The van der Waals surface area contributed by atoms with Gasteiger partial charge in [0.2, 0.25) is 6.79 Å². The molecule has 0 bridgehead atoms. The van der Waals surface area contributed by atoms with Gasteiger partial charge in [0.15, 0.2) is 11.5 Å². The van der Waals surface area contributed by atoms with Gasteiger partial charge in [-0.1, -0.05) is 22.0 Å². The molecular formula is C18H15BrClN3O3. The van der Waals surface area contributed by atoms with Crippen molar-refractivity contribution < 1.29 is 14.3 Å². The fourth-order valence-electron chi connectivity index (χ4n) is 3.05. The number of aliphatic imine (C=N–C) groups is 1. The van der Waals surface area contributed by atoms with Crippen LogP contribution in [0.25, 0.3) is 0 Å². The number of alkyl halides is 1. The van der Waals surface area contributed by atoms with E-state index >= 15 is 0 Å². The quantitative estimate of drug-likeness (QED) is 0.452. The van der Waals surface area contributed by atoms with Crippen LogP contribution in [0.4, 0.5) is 5.69 Å². The Morgan fingerprint density at radius 2 is 2.08 bits per heavy atom. The van der Waals surface area contributed by atoms with Gasteiger partial charge in [0, 0.05) is 23.1 Å². The molecule has 0 atom stereocenters. The number of hydrogen-bond donors (Lipinski definition) is 1. The van der Waals surface area contributed by atoms with Crippen molar-refractivity contribution in [3.05, 3.63) is 51.5 Å². The van der Waals surface area contributed by atoms with E-state index in [1.807, 2.05) is 24.3 Å². The Bertz CT molecular complexity index is 932. The highest BCUT2D eigenvalue weighted by Crippen LogP contribution is 2.36. The summed E-state index contributed by atoms with van der Waals surface area (Å²) in [5, 5.41) is 0. The van der Waals surface area contributed by atoms with Crippen LogP contribution >= 0.6 is 27.5 Å². The molecule has 0 fully saturated rings. The second-order valence-corrected chi connectivity index (χ2v) is 7.16. The number of carbonyl (C=O) groups is 1. The lowest BCUT2D eigenvalue weighted by atomic mass is 10.1. The van der Waals surface area contributed by atoms with Gasteiger partial charge in [0.05, 0.1) is 11.6 Å². The summed E-state index contributed by atoms with van der Waals surface area (Å²) in [6.07, 6.45) is 0. The molecule has 2 aliphatic heterocycles. The van der Waals surface area contributed by atoms with Gasteiger partial charge in [-0.05, 0) is 35.4 Å². The van der Waals surface area contributed by atoms with Gasteiger partial charge >= 0.3 is 0 Å². The number of halogens is 2. The normalized spacial score (nSPS) is 15.5. The van der Waals surface area contributed by atoms with Gasteiger partial charge < -0.3 is 20.1 Å². The number of benzene rings is 2. The number of nitrogens with zero attached hydrogens (tertiary/aromatic N) is 2. The van der Waals surface area contributed by atoms with Gasteiger partial charge in [-0.3, -0.25) is 4.79 Å². The first-order valence-corrected chi connectivity index (χ1v) is 9.27. The Morgan fingerprint density at radius 3 is 2.88 bits per heavy atom. The van der Waals surface area contributed by atoms with Crippen molar-refractivity contribution in [2.45, 2.75) is 13.1 Å². The molecule has 2 aromatic rings. The zero-order chi connectivity index (χ0) is 18.3. The molecule has 6 nitrogen and oxygen atoms in total. The largest absolute Gasteiger partial charge is 0.454 e. The predicted octanol–water partition coefficient (Wildman–Crippen LogP) is 3.56. The van der Waals surface area contributed by atoms with Crippen LogP contribution in [-0.2, 0) is 13.1 Å². The fourth-order valence-corrected chi connectivity index (χ4v) is 3.69. The van der Waals surface area contributed by atoms with E-state index in [-0.39, 0.29) is 18.6 Å². The maximum atomic E-state index is 12.8. The van der Waals surface area contributed by atoms with Crippen LogP contribution < -0.4 is 15.2 Å². The molecule has 8 heteroatoms.